The van der Waals surface area contributed by atoms with Crippen molar-refractivity contribution >= 4 is 28.6 Å². The molecule has 0 saturated heterocycles. The molecule has 0 aliphatic rings. The first-order valence-electron chi connectivity index (χ1n) is 6.55. The zero-order valence-electron chi connectivity index (χ0n) is 11.1. The Labute approximate surface area is 132 Å². The van der Waals surface area contributed by atoms with Crippen molar-refractivity contribution in [2.45, 2.75) is 6.54 Å². The third-order valence-corrected chi connectivity index (χ3v) is 4.39. The summed E-state index contributed by atoms with van der Waals surface area (Å²) in [5.41, 5.74) is 3.05. The topological polar surface area (TPSA) is 12.0 Å². The highest BCUT2D eigenvalue weighted by Gasteiger charge is 2.06. The summed E-state index contributed by atoms with van der Waals surface area (Å²) in [5, 5.41) is 5.57. The highest BCUT2D eigenvalue weighted by Crippen LogP contribution is 2.31. The van der Waals surface area contributed by atoms with E-state index < -0.39 is 0 Å². The summed E-state index contributed by atoms with van der Waals surface area (Å²) < 4.78 is 13.4. The van der Waals surface area contributed by atoms with Crippen LogP contribution in [0.15, 0.2) is 60.0 Å². The SMILES string of the molecule is Fc1cc(CNc2ccccc2-c2cccs2)ccc1Cl. The van der Waals surface area contributed by atoms with Crippen molar-refractivity contribution < 1.29 is 4.39 Å². The monoisotopic (exact) mass is 317 g/mol. The van der Waals surface area contributed by atoms with Crippen molar-refractivity contribution in [1.82, 2.24) is 0 Å². The highest BCUT2D eigenvalue weighted by atomic mass is 35.5. The lowest BCUT2D eigenvalue weighted by atomic mass is 10.1. The first kappa shape index (κ1) is 14.1. The van der Waals surface area contributed by atoms with Crippen LogP contribution in [0, 0.1) is 5.82 Å². The quantitative estimate of drug-likeness (QED) is 0.639. The highest BCUT2D eigenvalue weighted by molar-refractivity contribution is 7.13. The van der Waals surface area contributed by atoms with Gasteiger partial charge >= 0.3 is 0 Å². The molecule has 1 nitrogen and oxygen atoms in total. The number of rotatable bonds is 4. The Morgan fingerprint density at radius 1 is 1.05 bits per heavy atom. The minimum atomic E-state index is -0.387. The van der Waals surface area contributed by atoms with Crippen molar-refractivity contribution in [3.63, 3.8) is 0 Å². The molecule has 4 heteroatoms. The van der Waals surface area contributed by atoms with Crippen LogP contribution in [0.3, 0.4) is 0 Å². The normalized spacial score (nSPS) is 10.6. The largest absolute Gasteiger partial charge is 0.380 e. The van der Waals surface area contributed by atoms with Crippen LogP contribution in [0.25, 0.3) is 10.4 Å². The van der Waals surface area contributed by atoms with E-state index in [2.05, 4.69) is 22.8 Å². The van der Waals surface area contributed by atoms with Crippen LogP contribution in [0.2, 0.25) is 5.02 Å². The fraction of sp³-hybridized carbons (Fsp3) is 0.0588. The van der Waals surface area contributed by atoms with Gasteiger partial charge in [-0.3, -0.25) is 0 Å². The molecule has 3 aromatic rings. The smallest absolute Gasteiger partial charge is 0.142 e. The molecule has 0 aliphatic heterocycles. The van der Waals surface area contributed by atoms with Gasteiger partial charge in [0.2, 0.25) is 0 Å². The van der Waals surface area contributed by atoms with E-state index in [0.29, 0.717) is 6.54 Å². The minimum Gasteiger partial charge on any atom is -0.380 e. The average molecular weight is 318 g/mol. The summed E-state index contributed by atoms with van der Waals surface area (Å²) in [6.07, 6.45) is 0. The van der Waals surface area contributed by atoms with Crippen molar-refractivity contribution in [2.75, 3.05) is 5.32 Å². The van der Waals surface area contributed by atoms with Gasteiger partial charge in [0.05, 0.1) is 5.02 Å². The van der Waals surface area contributed by atoms with Crippen molar-refractivity contribution in [2.24, 2.45) is 0 Å². The molecule has 0 bridgehead atoms. The van der Waals surface area contributed by atoms with Crippen LogP contribution in [-0.2, 0) is 6.54 Å². The molecule has 0 unspecified atom stereocenters. The van der Waals surface area contributed by atoms with Crippen LogP contribution in [0.1, 0.15) is 5.56 Å². The molecule has 0 radical (unpaired) electrons. The van der Waals surface area contributed by atoms with Gasteiger partial charge in [-0.05, 0) is 35.2 Å². The fourth-order valence-electron chi connectivity index (χ4n) is 2.13. The maximum Gasteiger partial charge on any atom is 0.142 e. The number of hydrogen-bond donors (Lipinski definition) is 1. The molecule has 2 aromatic carbocycles. The Bertz CT molecular complexity index is 740. The molecular weight excluding hydrogens is 305 g/mol. The summed E-state index contributed by atoms with van der Waals surface area (Å²) in [5.74, 6) is -0.387. The van der Waals surface area contributed by atoms with Crippen molar-refractivity contribution in [3.8, 4) is 10.4 Å². The number of nitrogens with one attached hydrogen (secondary N) is 1. The third kappa shape index (κ3) is 3.26. The van der Waals surface area contributed by atoms with Gasteiger partial charge in [-0.25, -0.2) is 4.39 Å². The van der Waals surface area contributed by atoms with Gasteiger partial charge in [0, 0.05) is 22.7 Å². The number of hydrogen-bond acceptors (Lipinski definition) is 2. The van der Waals surface area contributed by atoms with E-state index in [0.717, 1.165) is 16.8 Å². The van der Waals surface area contributed by atoms with E-state index in [4.69, 9.17) is 11.6 Å². The molecule has 3 rings (SSSR count). The maximum absolute atomic E-state index is 13.4. The number of halogens is 2. The number of para-hydroxylation sites is 1. The molecule has 0 fully saturated rings. The lowest BCUT2D eigenvalue weighted by Gasteiger charge is -2.11. The molecule has 0 spiro atoms. The third-order valence-electron chi connectivity index (χ3n) is 3.18. The maximum atomic E-state index is 13.4. The molecule has 0 atom stereocenters. The molecule has 1 N–H and O–H groups in total. The second kappa shape index (κ2) is 6.29. The second-order valence-electron chi connectivity index (χ2n) is 4.62. The molecule has 1 aromatic heterocycles. The molecule has 0 amide bonds. The fourth-order valence-corrected chi connectivity index (χ4v) is 3.01. The zero-order chi connectivity index (χ0) is 14.7. The second-order valence-corrected chi connectivity index (χ2v) is 5.98. The number of thiophene rings is 1. The molecule has 0 aliphatic carbocycles. The summed E-state index contributed by atoms with van der Waals surface area (Å²) >= 11 is 7.40. The Hall–Kier alpha value is -1.84. The van der Waals surface area contributed by atoms with Crippen molar-refractivity contribution in [1.29, 1.82) is 0 Å². The van der Waals surface area contributed by atoms with E-state index in [1.165, 1.54) is 10.9 Å². The number of benzene rings is 2. The average Bonchev–Trinajstić information content (AvgIpc) is 3.03. The van der Waals surface area contributed by atoms with Gasteiger partial charge < -0.3 is 5.32 Å². The summed E-state index contributed by atoms with van der Waals surface area (Å²) in [6.45, 7) is 0.552. The van der Waals surface area contributed by atoms with Gasteiger partial charge in [-0.15, -0.1) is 11.3 Å². The minimum absolute atomic E-state index is 0.151. The van der Waals surface area contributed by atoms with E-state index in [-0.39, 0.29) is 10.8 Å². The van der Waals surface area contributed by atoms with Gasteiger partial charge in [0.1, 0.15) is 5.82 Å². The standard InChI is InChI=1S/C17H13ClFNS/c18-14-8-7-12(10-15(14)19)11-20-16-5-2-1-4-13(16)17-6-3-9-21-17/h1-10,20H,11H2. The molecular formula is C17H13ClFNS. The zero-order valence-corrected chi connectivity index (χ0v) is 12.7. The van der Waals surface area contributed by atoms with Crippen LogP contribution in [-0.4, -0.2) is 0 Å². The van der Waals surface area contributed by atoms with Crippen LogP contribution < -0.4 is 5.32 Å². The van der Waals surface area contributed by atoms with Crippen LogP contribution in [0.5, 0.6) is 0 Å². The number of anilines is 1. The lowest BCUT2D eigenvalue weighted by Crippen LogP contribution is -2.01. The molecule has 1 heterocycles. The summed E-state index contributed by atoms with van der Waals surface area (Å²) in [7, 11) is 0. The Morgan fingerprint density at radius 2 is 1.90 bits per heavy atom. The predicted octanol–water partition coefficient (Wildman–Crippen LogP) is 5.82. The lowest BCUT2D eigenvalue weighted by molar-refractivity contribution is 0.626. The Balaban J connectivity index is 1.81. The molecule has 0 saturated carbocycles. The Morgan fingerprint density at radius 3 is 2.67 bits per heavy atom. The molecule has 21 heavy (non-hydrogen) atoms. The predicted molar refractivity (Wildman–Crippen MR) is 88.5 cm³/mol. The molecule has 106 valence electrons. The first-order valence-corrected chi connectivity index (χ1v) is 7.80. The Kier molecular flexibility index (Phi) is 4.23. The van der Waals surface area contributed by atoms with E-state index in [1.54, 1.807) is 17.4 Å². The summed E-state index contributed by atoms with van der Waals surface area (Å²) in [6, 6.07) is 17.1. The van der Waals surface area contributed by atoms with Gasteiger partial charge in [0.25, 0.3) is 0 Å². The van der Waals surface area contributed by atoms with Gasteiger partial charge in [0.15, 0.2) is 0 Å². The first-order chi connectivity index (χ1) is 10.2. The van der Waals surface area contributed by atoms with Crippen LogP contribution >= 0.6 is 22.9 Å². The van der Waals surface area contributed by atoms with Crippen LogP contribution in [0.4, 0.5) is 10.1 Å². The van der Waals surface area contributed by atoms with E-state index in [1.807, 2.05) is 30.3 Å². The van der Waals surface area contributed by atoms with Gasteiger partial charge in [-0.2, -0.15) is 0 Å². The summed E-state index contributed by atoms with van der Waals surface area (Å²) in [4.78, 5) is 1.21. The van der Waals surface area contributed by atoms with Crippen molar-refractivity contribution in [3.05, 3.63) is 76.4 Å². The van der Waals surface area contributed by atoms with Gasteiger partial charge in [-0.1, -0.05) is 41.9 Å². The van der Waals surface area contributed by atoms with E-state index in [9.17, 15) is 4.39 Å². The van der Waals surface area contributed by atoms with E-state index >= 15 is 0 Å².